The van der Waals surface area contributed by atoms with Crippen molar-refractivity contribution in [3.05, 3.63) is 59.7 Å². The number of nitrogens with zero attached hydrogens (tertiary/aromatic N) is 2. The van der Waals surface area contributed by atoms with Gasteiger partial charge in [-0.1, -0.05) is 12.1 Å². The van der Waals surface area contributed by atoms with E-state index in [9.17, 15) is 9.59 Å². The Morgan fingerprint density at radius 2 is 1.55 bits per heavy atom. The average molecular weight is 417 g/mol. The highest BCUT2D eigenvalue weighted by Gasteiger charge is 2.30. The molecule has 0 aliphatic carbocycles. The zero-order chi connectivity index (χ0) is 20.1. The molecule has 3 rings (SSSR count). The molecule has 2 amide bonds. The maximum absolute atomic E-state index is 12.8. The first-order valence-electron chi connectivity index (χ1n) is 9.19. The Bertz CT molecular complexity index is 868. The number of methoxy groups -OCH3 is 1. The number of hydrogen-bond donors (Lipinski definition) is 2. The summed E-state index contributed by atoms with van der Waals surface area (Å²) in [6, 6.07) is 14.9. The van der Waals surface area contributed by atoms with Crippen molar-refractivity contribution in [3.63, 3.8) is 0 Å². The van der Waals surface area contributed by atoms with Crippen molar-refractivity contribution in [2.24, 2.45) is 5.73 Å². The lowest BCUT2D eigenvalue weighted by Crippen LogP contribution is -2.31. The van der Waals surface area contributed by atoms with Crippen molar-refractivity contribution in [2.45, 2.75) is 19.3 Å². The predicted molar refractivity (Wildman–Crippen MR) is 116 cm³/mol. The number of carbonyl (C=O) groups is 2. The smallest absolute Gasteiger partial charge is 0.329 e. The van der Waals surface area contributed by atoms with E-state index in [1.165, 1.54) is 7.11 Å². The van der Waals surface area contributed by atoms with E-state index in [2.05, 4.69) is 4.74 Å². The van der Waals surface area contributed by atoms with Crippen molar-refractivity contribution in [1.29, 1.82) is 5.41 Å². The number of nitrogens with two attached hydrogens (primary N) is 1. The number of amidine groups is 1. The van der Waals surface area contributed by atoms with Gasteiger partial charge in [-0.25, -0.2) is 4.79 Å². The fraction of sp³-hybridized carbons (Fsp3) is 0.286. The van der Waals surface area contributed by atoms with Crippen molar-refractivity contribution in [1.82, 2.24) is 0 Å². The lowest BCUT2D eigenvalue weighted by Gasteiger charge is -2.19. The normalized spacial score (nSPS) is 13.2. The highest BCUT2D eigenvalue weighted by atomic mass is 35.5. The number of nitrogen functional groups attached to an aromatic ring is 1. The second-order valence-corrected chi connectivity index (χ2v) is 6.64. The number of esters is 1. The lowest BCUT2D eigenvalue weighted by molar-refractivity contribution is -0.140. The molecular formula is C21H25ClN4O3. The molecule has 2 aromatic carbocycles. The quantitative estimate of drug-likeness (QED) is 0.410. The molecule has 2 aromatic rings. The highest BCUT2D eigenvalue weighted by molar-refractivity contribution is 6.06. The molecule has 0 radical (unpaired) electrons. The molecule has 0 saturated carbocycles. The lowest BCUT2D eigenvalue weighted by atomic mass is 10.1. The van der Waals surface area contributed by atoms with Gasteiger partial charge in [0.05, 0.1) is 7.11 Å². The first-order valence-corrected chi connectivity index (χ1v) is 9.19. The number of urea groups is 1. The fourth-order valence-corrected chi connectivity index (χ4v) is 3.22. The van der Waals surface area contributed by atoms with Crippen LogP contribution < -0.4 is 15.5 Å². The van der Waals surface area contributed by atoms with Crippen LogP contribution in [0, 0.1) is 5.41 Å². The van der Waals surface area contributed by atoms with Crippen LogP contribution in [-0.2, 0) is 16.0 Å². The van der Waals surface area contributed by atoms with Gasteiger partial charge in [0, 0.05) is 36.4 Å². The van der Waals surface area contributed by atoms with Gasteiger partial charge in [-0.05, 0) is 54.8 Å². The second kappa shape index (κ2) is 9.93. The molecule has 8 heteroatoms. The van der Waals surface area contributed by atoms with E-state index in [1.54, 1.807) is 21.9 Å². The van der Waals surface area contributed by atoms with Crippen LogP contribution in [0.15, 0.2) is 48.5 Å². The minimum Gasteiger partial charge on any atom is -0.469 e. The number of aryl methyl sites for hydroxylation is 1. The number of nitrogens with one attached hydrogen (secondary N) is 1. The van der Waals surface area contributed by atoms with E-state index in [1.807, 2.05) is 36.4 Å². The second-order valence-electron chi connectivity index (χ2n) is 6.64. The maximum atomic E-state index is 12.8. The van der Waals surface area contributed by atoms with E-state index < -0.39 is 0 Å². The standard InChI is InChI=1S/C21H24N4O3.ClH/c1-28-19(26)4-2-3-15-5-9-17(10-6-15)24-13-14-25(21(24)27)18-11-7-16(8-12-18)20(22)23;/h5-12H,2-4,13-14H2,1H3,(H3,22,23);1H. The molecule has 1 heterocycles. The molecule has 1 saturated heterocycles. The molecule has 0 atom stereocenters. The summed E-state index contributed by atoms with van der Waals surface area (Å²) in [5, 5.41) is 7.46. The van der Waals surface area contributed by atoms with Crippen LogP contribution in [0.4, 0.5) is 16.2 Å². The van der Waals surface area contributed by atoms with Gasteiger partial charge in [0.1, 0.15) is 5.84 Å². The molecule has 7 nitrogen and oxygen atoms in total. The van der Waals surface area contributed by atoms with Gasteiger partial charge in [-0.3, -0.25) is 20.0 Å². The van der Waals surface area contributed by atoms with E-state index in [-0.39, 0.29) is 30.2 Å². The van der Waals surface area contributed by atoms with Gasteiger partial charge in [-0.2, -0.15) is 0 Å². The number of rotatable bonds is 7. The average Bonchev–Trinajstić information content (AvgIpc) is 3.09. The molecule has 0 unspecified atom stereocenters. The molecule has 0 bridgehead atoms. The molecular weight excluding hydrogens is 392 g/mol. The minimum atomic E-state index is -0.198. The monoisotopic (exact) mass is 416 g/mol. The maximum Gasteiger partial charge on any atom is 0.329 e. The van der Waals surface area contributed by atoms with Crippen LogP contribution in [0.1, 0.15) is 24.0 Å². The number of anilines is 2. The minimum absolute atomic E-state index is 0. The third-order valence-electron chi connectivity index (χ3n) is 4.82. The summed E-state index contributed by atoms with van der Waals surface area (Å²) in [5.74, 6) is -0.191. The molecule has 3 N–H and O–H groups in total. The Morgan fingerprint density at radius 1 is 1.03 bits per heavy atom. The Morgan fingerprint density at radius 3 is 2.03 bits per heavy atom. The van der Waals surface area contributed by atoms with E-state index in [4.69, 9.17) is 11.1 Å². The summed E-state index contributed by atoms with van der Waals surface area (Å²) in [7, 11) is 1.39. The zero-order valence-electron chi connectivity index (χ0n) is 16.3. The summed E-state index contributed by atoms with van der Waals surface area (Å²) in [6.45, 7) is 1.20. The SMILES string of the molecule is COC(=O)CCCc1ccc(N2CCN(c3ccc(C(=N)N)cc3)C2=O)cc1.Cl. The van der Waals surface area contributed by atoms with Gasteiger partial charge in [-0.15, -0.1) is 12.4 Å². The molecule has 29 heavy (non-hydrogen) atoms. The van der Waals surface area contributed by atoms with Gasteiger partial charge in [0.2, 0.25) is 0 Å². The van der Waals surface area contributed by atoms with Crippen molar-refractivity contribution in [3.8, 4) is 0 Å². The number of amides is 2. The molecule has 1 aliphatic rings. The Balaban J connectivity index is 0.00000300. The summed E-state index contributed by atoms with van der Waals surface area (Å²) >= 11 is 0. The van der Waals surface area contributed by atoms with E-state index in [0.29, 0.717) is 25.1 Å². The molecule has 1 fully saturated rings. The summed E-state index contributed by atoms with van der Waals surface area (Å²) < 4.78 is 4.65. The zero-order valence-corrected chi connectivity index (χ0v) is 17.1. The Hall–Kier alpha value is -3.06. The van der Waals surface area contributed by atoms with Crippen LogP contribution in [0.5, 0.6) is 0 Å². The number of carbonyl (C=O) groups excluding carboxylic acids is 2. The number of hydrogen-bond acceptors (Lipinski definition) is 4. The fourth-order valence-electron chi connectivity index (χ4n) is 3.22. The van der Waals surface area contributed by atoms with Crippen molar-refractivity contribution in [2.75, 3.05) is 30.0 Å². The van der Waals surface area contributed by atoms with Gasteiger partial charge >= 0.3 is 12.0 Å². The van der Waals surface area contributed by atoms with Gasteiger partial charge < -0.3 is 10.5 Å². The number of ether oxygens (including phenoxy) is 1. The van der Waals surface area contributed by atoms with Gasteiger partial charge in [0.25, 0.3) is 0 Å². The summed E-state index contributed by atoms with van der Waals surface area (Å²) in [4.78, 5) is 27.5. The van der Waals surface area contributed by atoms with E-state index in [0.717, 1.165) is 29.8 Å². The Kier molecular flexibility index (Phi) is 7.61. The van der Waals surface area contributed by atoms with Crippen molar-refractivity contribution >= 4 is 41.6 Å². The number of halogens is 1. The van der Waals surface area contributed by atoms with Crippen molar-refractivity contribution < 1.29 is 14.3 Å². The third-order valence-corrected chi connectivity index (χ3v) is 4.82. The van der Waals surface area contributed by atoms with Crippen LogP contribution >= 0.6 is 12.4 Å². The Labute approximate surface area is 176 Å². The molecule has 0 spiro atoms. The van der Waals surface area contributed by atoms with Crippen LogP contribution in [-0.4, -0.2) is 38.0 Å². The van der Waals surface area contributed by atoms with Crippen LogP contribution in [0.2, 0.25) is 0 Å². The highest BCUT2D eigenvalue weighted by Crippen LogP contribution is 2.26. The topological polar surface area (TPSA) is 99.7 Å². The molecule has 1 aliphatic heterocycles. The van der Waals surface area contributed by atoms with E-state index >= 15 is 0 Å². The van der Waals surface area contributed by atoms with Crippen LogP contribution in [0.3, 0.4) is 0 Å². The molecule has 154 valence electrons. The van der Waals surface area contributed by atoms with Gasteiger partial charge in [0.15, 0.2) is 0 Å². The molecule has 0 aromatic heterocycles. The summed E-state index contributed by atoms with van der Waals surface area (Å²) in [5.41, 5.74) is 8.87. The number of benzene rings is 2. The van der Waals surface area contributed by atoms with Crippen LogP contribution in [0.25, 0.3) is 0 Å². The predicted octanol–water partition coefficient (Wildman–Crippen LogP) is 3.33. The largest absolute Gasteiger partial charge is 0.469 e. The first-order chi connectivity index (χ1) is 13.5. The summed E-state index contributed by atoms with van der Waals surface area (Å²) in [6.07, 6.45) is 1.93. The first kappa shape index (κ1) is 22.2. The third kappa shape index (κ3) is 5.26.